The number of aryl methyl sites for hydroxylation is 3. The van der Waals surface area contributed by atoms with E-state index in [0.29, 0.717) is 26.7 Å². The molecule has 1 N–H and O–H groups in total. The minimum atomic E-state index is -0.350. The van der Waals surface area contributed by atoms with Crippen LogP contribution in [-0.4, -0.2) is 25.8 Å². The van der Waals surface area contributed by atoms with E-state index in [9.17, 15) is 0 Å². The summed E-state index contributed by atoms with van der Waals surface area (Å²) in [6, 6.07) is -0.350. The van der Waals surface area contributed by atoms with Gasteiger partial charge in [0.1, 0.15) is 11.6 Å². The molecule has 0 saturated carbocycles. The highest BCUT2D eigenvalue weighted by molar-refractivity contribution is 6.38. The fraction of sp³-hybridized carbons (Fsp3) is 0.350. The Hall–Kier alpha value is -1.82. The molecule has 1 aliphatic carbocycles. The first-order valence-electron chi connectivity index (χ1n) is 9.07. The highest BCUT2D eigenvalue weighted by atomic mass is 35.5. The molecule has 0 aromatic carbocycles. The van der Waals surface area contributed by atoms with Gasteiger partial charge in [0.2, 0.25) is 0 Å². The number of hydrogen-bond acceptors (Lipinski definition) is 4. The standard InChI is InChI=1S/C20H22Cl3N5/c1-5-6-14-10-28(27-12(14)3)20-11(2)19(24-13(4)25-20)26-18-9-16(22)7-15(21)8-17(18)23/h7-10,18H,5-6H2,1-4H3,(H,24,25,26). The Balaban J connectivity index is 1.99. The molecule has 1 unspecified atom stereocenters. The number of aromatic nitrogens is 4. The van der Waals surface area contributed by atoms with E-state index in [-0.39, 0.29) is 6.04 Å². The number of hydrogen-bond donors (Lipinski definition) is 1. The van der Waals surface area contributed by atoms with Gasteiger partial charge in [0.15, 0.2) is 5.82 Å². The third-order valence-corrected chi connectivity index (χ3v) is 5.23. The van der Waals surface area contributed by atoms with E-state index in [4.69, 9.17) is 34.8 Å². The van der Waals surface area contributed by atoms with Gasteiger partial charge in [-0.05, 0) is 51.0 Å². The SMILES string of the molecule is CCCc1cn(-c2nc(C)nc(NC3C=C(Cl)C=C(Cl)C=C3Cl)c2C)nc1C. The molecule has 148 valence electrons. The van der Waals surface area contributed by atoms with Gasteiger partial charge in [-0.2, -0.15) is 5.10 Å². The van der Waals surface area contributed by atoms with Gasteiger partial charge in [0, 0.05) is 26.9 Å². The molecule has 5 nitrogen and oxygen atoms in total. The first kappa shape index (κ1) is 20.9. The van der Waals surface area contributed by atoms with Crippen LogP contribution in [0.4, 0.5) is 5.82 Å². The molecular weight excluding hydrogens is 417 g/mol. The molecule has 0 aliphatic heterocycles. The van der Waals surface area contributed by atoms with Crippen LogP contribution in [0, 0.1) is 20.8 Å². The van der Waals surface area contributed by atoms with Crippen molar-refractivity contribution in [2.24, 2.45) is 0 Å². The molecule has 2 aromatic heterocycles. The molecule has 28 heavy (non-hydrogen) atoms. The molecule has 0 saturated heterocycles. The molecule has 0 radical (unpaired) electrons. The first-order chi connectivity index (χ1) is 13.3. The van der Waals surface area contributed by atoms with Crippen LogP contribution in [0.2, 0.25) is 0 Å². The van der Waals surface area contributed by atoms with Gasteiger partial charge in [-0.25, -0.2) is 14.6 Å². The van der Waals surface area contributed by atoms with Crippen LogP contribution in [0.1, 0.15) is 36.0 Å². The molecule has 8 heteroatoms. The van der Waals surface area contributed by atoms with Crippen LogP contribution in [0.25, 0.3) is 5.82 Å². The minimum absolute atomic E-state index is 0.350. The van der Waals surface area contributed by atoms with E-state index >= 15 is 0 Å². The van der Waals surface area contributed by atoms with Gasteiger partial charge >= 0.3 is 0 Å². The van der Waals surface area contributed by atoms with Crippen LogP contribution < -0.4 is 5.32 Å². The summed E-state index contributed by atoms with van der Waals surface area (Å²) in [6.45, 7) is 7.98. The number of rotatable bonds is 5. The van der Waals surface area contributed by atoms with Crippen molar-refractivity contribution in [3.05, 3.63) is 62.2 Å². The Morgan fingerprint density at radius 1 is 1.07 bits per heavy atom. The summed E-state index contributed by atoms with van der Waals surface area (Å²) in [5.74, 6) is 2.04. The number of nitrogens with zero attached hydrogens (tertiary/aromatic N) is 4. The maximum Gasteiger partial charge on any atom is 0.162 e. The normalized spacial score (nSPS) is 17.0. The summed E-state index contributed by atoms with van der Waals surface area (Å²) in [4.78, 5) is 9.16. The summed E-state index contributed by atoms with van der Waals surface area (Å²) in [7, 11) is 0. The van der Waals surface area contributed by atoms with E-state index in [0.717, 1.165) is 29.9 Å². The van der Waals surface area contributed by atoms with Gasteiger partial charge in [-0.3, -0.25) is 0 Å². The van der Waals surface area contributed by atoms with Crippen LogP contribution in [0.15, 0.2) is 39.5 Å². The molecule has 1 aliphatic rings. The van der Waals surface area contributed by atoms with Crippen molar-refractivity contribution in [1.82, 2.24) is 19.7 Å². The largest absolute Gasteiger partial charge is 0.358 e. The first-order valence-corrected chi connectivity index (χ1v) is 10.2. The predicted molar refractivity (Wildman–Crippen MR) is 117 cm³/mol. The van der Waals surface area contributed by atoms with Crippen LogP contribution in [-0.2, 0) is 6.42 Å². The lowest BCUT2D eigenvalue weighted by molar-refractivity contribution is 0.805. The van der Waals surface area contributed by atoms with Gasteiger partial charge in [-0.1, -0.05) is 48.1 Å². The number of allylic oxidation sites excluding steroid dienone is 4. The van der Waals surface area contributed by atoms with Crippen molar-refractivity contribution in [2.75, 3.05) is 5.32 Å². The zero-order valence-electron chi connectivity index (χ0n) is 16.2. The second-order valence-corrected chi connectivity index (χ2v) is 8.04. The van der Waals surface area contributed by atoms with E-state index < -0.39 is 0 Å². The van der Waals surface area contributed by atoms with E-state index in [2.05, 4.69) is 27.3 Å². The number of halogens is 3. The third-order valence-electron chi connectivity index (χ3n) is 4.44. The maximum atomic E-state index is 6.41. The molecule has 3 rings (SSSR count). The van der Waals surface area contributed by atoms with Crippen molar-refractivity contribution in [1.29, 1.82) is 0 Å². The lowest BCUT2D eigenvalue weighted by Gasteiger charge is -2.18. The average Bonchev–Trinajstić information content (AvgIpc) is 2.91. The highest BCUT2D eigenvalue weighted by Gasteiger charge is 2.19. The summed E-state index contributed by atoms with van der Waals surface area (Å²) in [5, 5.41) is 9.49. The van der Waals surface area contributed by atoms with E-state index in [1.807, 2.05) is 31.6 Å². The molecule has 1 atom stereocenters. The van der Waals surface area contributed by atoms with E-state index in [1.54, 1.807) is 18.2 Å². The quantitative estimate of drug-likeness (QED) is 0.650. The smallest absolute Gasteiger partial charge is 0.162 e. The Labute approximate surface area is 180 Å². The summed E-state index contributed by atoms with van der Waals surface area (Å²) < 4.78 is 1.82. The fourth-order valence-corrected chi connectivity index (χ4v) is 3.86. The molecule has 0 fully saturated rings. The fourth-order valence-electron chi connectivity index (χ4n) is 3.04. The Kier molecular flexibility index (Phi) is 6.48. The molecule has 0 amide bonds. The minimum Gasteiger partial charge on any atom is -0.358 e. The summed E-state index contributed by atoms with van der Waals surface area (Å²) in [6.07, 6.45) is 9.21. The average molecular weight is 439 g/mol. The van der Waals surface area contributed by atoms with Crippen LogP contribution in [0.5, 0.6) is 0 Å². The lowest BCUT2D eigenvalue weighted by Crippen LogP contribution is -2.20. The molecule has 2 aromatic rings. The summed E-state index contributed by atoms with van der Waals surface area (Å²) in [5.41, 5.74) is 3.10. The van der Waals surface area contributed by atoms with Crippen molar-refractivity contribution < 1.29 is 0 Å². The molecular formula is C20H22Cl3N5. The highest BCUT2D eigenvalue weighted by Crippen LogP contribution is 2.28. The third kappa shape index (κ3) is 4.59. The Bertz CT molecular complexity index is 988. The summed E-state index contributed by atoms with van der Waals surface area (Å²) >= 11 is 18.7. The zero-order chi connectivity index (χ0) is 20.4. The molecule has 0 spiro atoms. The van der Waals surface area contributed by atoms with Crippen molar-refractivity contribution in [3.63, 3.8) is 0 Å². The Morgan fingerprint density at radius 2 is 1.82 bits per heavy atom. The van der Waals surface area contributed by atoms with Gasteiger partial charge in [0.25, 0.3) is 0 Å². The van der Waals surface area contributed by atoms with Gasteiger partial charge < -0.3 is 5.32 Å². The zero-order valence-corrected chi connectivity index (χ0v) is 18.5. The van der Waals surface area contributed by atoms with Crippen LogP contribution in [0.3, 0.4) is 0 Å². The molecule has 0 bridgehead atoms. The number of anilines is 1. The van der Waals surface area contributed by atoms with Gasteiger partial charge in [0.05, 0.1) is 11.7 Å². The lowest BCUT2D eigenvalue weighted by atomic mass is 10.1. The van der Waals surface area contributed by atoms with Crippen molar-refractivity contribution in [3.8, 4) is 5.82 Å². The number of nitrogens with one attached hydrogen (secondary N) is 1. The Morgan fingerprint density at radius 3 is 2.54 bits per heavy atom. The second kappa shape index (κ2) is 8.68. The monoisotopic (exact) mass is 437 g/mol. The van der Waals surface area contributed by atoms with Crippen molar-refractivity contribution in [2.45, 2.75) is 46.6 Å². The van der Waals surface area contributed by atoms with Crippen LogP contribution >= 0.6 is 34.8 Å². The molecule has 2 heterocycles. The van der Waals surface area contributed by atoms with Crippen molar-refractivity contribution >= 4 is 40.6 Å². The predicted octanol–water partition coefficient (Wildman–Crippen LogP) is 5.70. The maximum absolute atomic E-state index is 6.41. The second-order valence-electron chi connectivity index (χ2n) is 6.73. The van der Waals surface area contributed by atoms with Gasteiger partial charge in [-0.15, -0.1) is 0 Å². The topological polar surface area (TPSA) is 55.6 Å². The van der Waals surface area contributed by atoms with E-state index in [1.165, 1.54) is 5.56 Å².